The van der Waals surface area contributed by atoms with E-state index in [0.717, 1.165) is 10.4 Å². The molecular formula is C14H14BrF2NS. The third kappa shape index (κ3) is 3.04. The van der Waals surface area contributed by atoms with Crippen molar-refractivity contribution < 1.29 is 8.78 Å². The summed E-state index contributed by atoms with van der Waals surface area (Å²) in [6.45, 7) is 4.60. The molecule has 1 atom stereocenters. The van der Waals surface area contributed by atoms with Crippen molar-refractivity contribution in [2.24, 2.45) is 0 Å². The van der Waals surface area contributed by atoms with E-state index in [1.807, 2.05) is 25.3 Å². The zero-order valence-corrected chi connectivity index (χ0v) is 13.0. The van der Waals surface area contributed by atoms with Gasteiger partial charge in [-0.25, -0.2) is 8.78 Å². The maximum atomic E-state index is 14.1. The van der Waals surface area contributed by atoms with E-state index in [0.29, 0.717) is 12.1 Å². The Kier molecular flexibility index (Phi) is 4.71. The van der Waals surface area contributed by atoms with Crippen molar-refractivity contribution in [3.05, 3.63) is 55.7 Å². The van der Waals surface area contributed by atoms with Gasteiger partial charge in [-0.05, 0) is 58.5 Å². The summed E-state index contributed by atoms with van der Waals surface area (Å²) in [5.41, 5.74) is 1.42. The molecule has 5 heteroatoms. The first-order valence-corrected chi connectivity index (χ1v) is 7.63. The largest absolute Gasteiger partial charge is 0.306 e. The summed E-state index contributed by atoms with van der Waals surface area (Å²) in [5, 5.41) is 5.18. The number of aryl methyl sites for hydroxylation is 1. The van der Waals surface area contributed by atoms with Gasteiger partial charge in [-0.15, -0.1) is 11.3 Å². The monoisotopic (exact) mass is 345 g/mol. The van der Waals surface area contributed by atoms with Gasteiger partial charge in [-0.2, -0.15) is 0 Å². The SMILES string of the molecule is CCNC(c1cc(F)c(Br)cc1F)c1sccc1C. The Morgan fingerprint density at radius 1 is 1.32 bits per heavy atom. The first kappa shape index (κ1) is 14.6. The van der Waals surface area contributed by atoms with Gasteiger partial charge in [0.15, 0.2) is 0 Å². The van der Waals surface area contributed by atoms with Crippen molar-refractivity contribution in [3.8, 4) is 0 Å². The van der Waals surface area contributed by atoms with Crippen LogP contribution in [0, 0.1) is 18.6 Å². The van der Waals surface area contributed by atoms with Crippen LogP contribution in [0.25, 0.3) is 0 Å². The molecule has 2 rings (SSSR count). The summed E-state index contributed by atoms with van der Waals surface area (Å²) in [4.78, 5) is 1.02. The highest BCUT2D eigenvalue weighted by atomic mass is 79.9. The van der Waals surface area contributed by atoms with Crippen LogP contribution in [0.2, 0.25) is 0 Å². The van der Waals surface area contributed by atoms with Crippen molar-refractivity contribution in [1.29, 1.82) is 0 Å². The van der Waals surface area contributed by atoms with Gasteiger partial charge >= 0.3 is 0 Å². The number of thiophene rings is 1. The van der Waals surface area contributed by atoms with Crippen LogP contribution < -0.4 is 5.32 Å². The first-order chi connectivity index (χ1) is 9.04. The van der Waals surface area contributed by atoms with Gasteiger partial charge in [0.1, 0.15) is 11.6 Å². The second-order valence-electron chi connectivity index (χ2n) is 4.25. The lowest BCUT2D eigenvalue weighted by atomic mass is 10.0. The smallest absolute Gasteiger partial charge is 0.137 e. The molecule has 0 radical (unpaired) electrons. The maximum absolute atomic E-state index is 14.1. The molecule has 102 valence electrons. The topological polar surface area (TPSA) is 12.0 Å². The lowest BCUT2D eigenvalue weighted by molar-refractivity contribution is 0.544. The molecule has 1 N–H and O–H groups in total. The molecule has 0 fully saturated rings. The molecule has 1 aromatic carbocycles. The summed E-state index contributed by atoms with van der Waals surface area (Å²) >= 11 is 4.55. The van der Waals surface area contributed by atoms with E-state index in [2.05, 4.69) is 21.2 Å². The minimum Gasteiger partial charge on any atom is -0.306 e. The highest BCUT2D eigenvalue weighted by Gasteiger charge is 2.21. The van der Waals surface area contributed by atoms with Crippen LogP contribution in [0.1, 0.15) is 29.0 Å². The molecule has 1 nitrogen and oxygen atoms in total. The molecule has 0 bridgehead atoms. The number of hydrogen-bond donors (Lipinski definition) is 1. The number of nitrogens with one attached hydrogen (secondary N) is 1. The third-order valence-corrected chi connectivity index (χ3v) is 4.61. The van der Waals surface area contributed by atoms with Crippen molar-refractivity contribution in [2.45, 2.75) is 19.9 Å². The van der Waals surface area contributed by atoms with E-state index in [-0.39, 0.29) is 10.5 Å². The molecular weight excluding hydrogens is 332 g/mol. The average Bonchev–Trinajstić information content (AvgIpc) is 2.77. The molecule has 0 aliphatic carbocycles. The fraction of sp³-hybridized carbons (Fsp3) is 0.286. The van der Waals surface area contributed by atoms with Crippen molar-refractivity contribution >= 4 is 27.3 Å². The Morgan fingerprint density at radius 2 is 2.05 bits per heavy atom. The number of rotatable bonds is 4. The Labute approximate surface area is 123 Å². The van der Waals surface area contributed by atoms with E-state index in [1.54, 1.807) is 11.3 Å². The quantitative estimate of drug-likeness (QED) is 0.785. The summed E-state index contributed by atoms with van der Waals surface area (Å²) in [6, 6.07) is 4.11. The fourth-order valence-corrected chi connectivity index (χ4v) is 3.32. The predicted molar refractivity (Wildman–Crippen MR) is 78.6 cm³/mol. The van der Waals surface area contributed by atoms with Gasteiger partial charge < -0.3 is 5.32 Å². The summed E-state index contributed by atoms with van der Waals surface area (Å²) in [7, 11) is 0. The normalized spacial score (nSPS) is 12.7. The van der Waals surface area contributed by atoms with E-state index < -0.39 is 11.6 Å². The molecule has 0 amide bonds. The van der Waals surface area contributed by atoms with E-state index in [1.165, 1.54) is 12.1 Å². The Bertz CT molecular complexity index is 583. The summed E-state index contributed by atoms with van der Waals surface area (Å²) in [5.74, 6) is -0.861. The van der Waals surface area contributed by atoms with Gasteiger partial charge in [-0.1, -0.05) is 6.92 Å². The van der Waals surface area contributed by atoms with Crippen LogP contribution in [-0.4, -0.2) is 6.54 Å². The second kappa shape index (κ2) is 6.11. The number of halogens is 3. The van der Waals surface area contributed by atoms with Crippen LogP contribution >= 0.6 is 27.3 Å². The van der Waals surface area contributed by atoms with Crippen molar-refractivity contribution in [2.75, 3.05) is 6.54 Å². The molecule has 1 heterocycles. The van der Waals surface area contributed by atoms with Crippen molar-refractivity contribution in [1.82, 2.24) is 5.32 Å². The minimum absolute atomic E-state index is 0.145. The van der Waals surface area contributed by atoms with E-state index >= 15 is 0 Å². The van der Waals surface area contributed by atoms with Crippen LogP contribution in [0.4, 0.5) is 8.78 Å². The zero-order chi connectivity index (χ0) is 14.0. The Morgan fingerprint density at radius 3 is 2.63 bits per heavy atom. The highest BCUT2D eigenvalue weighted by Crippen LogP contribution is 2.32. The van der Waals surface area contributed by atoms with Gasteiger partial charge in [0.05, 0.1) is 10.5 Å². The van der Waals surface area contributed by atoms with Crippen LogP contribution in [0.3, 0.4) is 0 Å². The molecule has 19 heavy (non-hydrogen) atoms. The molecule has 1 unspecified atom stereocenters. The van der Waals surface area contributed by atoms with Crippen LogP contribution in [-0.2, 0) is 0 Å². The Hall–Kier alpha value is -0.780. The van der Waals surface area contributed by atoms with Crippen LogP contribution in [0.5, 0.6) is 0 Å². The Balaban J connectivity index is 2.51. The van der Waals surface area contributed by atoms with E-state index in [4.69, 9.17) is 0 Å². The fourth-order valence-electron chi connectivity index (χ4n) is 1.99. The molecule has 0 spiro atoms. The minimum atomic E-state index is -0.450. The van der Waals surface area contributed by atoms with Gasteiger partial charge in [-0.3, -0.25) is 0 Å². The molecule has 2 aromatic rings. The van der Waals surface area contributed by atoms with Gasteiger partial charge in [0.25, 0.3) is 0 Å². The molecule has 0 saturated heterocycles. The van der Waals surface area contributed by atoms with Crippen molar-refractivity contribution in [3.63, 3.8) is 0 Å². The third-order valence-electron chi connectivity index (χ3n) is 2.92. The maximum Gasteiger partial charge on any atom is 0.137 e. The predicted octanol–water partition coefficient (Wildman–Crippen LogP) is 4.80. The second-order valence-corrected chi connectivity index (χ2v) is 6.05. The van der Waals surface area contributed by atoms with Gasteiger partial charge in [0, 0.05) is 10.4 Å². The number of hydrogen-bond acceptors (Lipinski definition) is 2. The summed E-state index contributed by atoms with van der Waals surface area (Å²) in [6.07, 6.45) is 0. The lowest BCUT2D eigenvalue weighted by Gasteiger charge is -2.19. The average molecular weight is 346 g/mol. The molecule has 0 aliphatic heterocycles. The first-order valence-electron chi connectivity index (χ1n) is 5.96. The van der Waals surface area contributed by atoms with E-state index in [9.17, 15) is 8.78 Å². The lowest BCUT2D eigenvalue weighted by Crippen LogP contribution is -2.23. The summed E-state index contributed by atoms with van der Waals surface area (Å²) < 4.78 is 27.9. The standard InChI is InChI=1S/C14H14BrF2NS/c1-3-18-13(14-8(2)4-5-19-14)9-6-12(17)10(15)7-11(9)16/h4-7,13,18H,3H2,1-2H3. The molecule has 0 aliphatic rings. The molecule has 0 saturated carbocycles. The number of benzene rings is 1. The van der Waals surface area contributed by atoms with Gasteiger partial charge in [0.2, 0.25) is 0 Å². The van der Waals surface area contributed by atoms with Crippen LogP contribution in [0.15, 0.2) is 28.1 Å². The molecule has 1 aromatic heterocycles. The zero-order valence-electron chi connectivity index (χ0n) is 10.6. The highest BCUT2D eigenvalue weighted by molar-refractivity contribution is 9.10.